The Bertz CT molecular complexity index is 807. The van der Waals surface area contributed by atoms with Gasteiger partial charge in [-0.15, -0.1) is 0 Å². The molecular formula is C26H36O5. The van der Waals surface area contributed by atoms with Crippen molar-refractivity contribution in [2.75, 3.05) is 33.0 Å². The van der Waals surface area contributed by atoms with Gasteiger partial charge in [0, 0.05) is 17.4 Å². The van der Waals surface area contributed by atoms with Crippen LogP contribution in [0.1, 0.15) is 57.8 Å². The molecule has 2 heterocycles. The predicted octanol–water partition coefficient (Wildman–Crippen LogP) is 5.86. The standard InChI is InChI=1S/C26H36O5/c1-3-5-6-19-15-28-25(29-16-19)12-7-20-17-30-26(31-18-20)23-9-8-22-14-24(27-4-2)11-10-21(22)13-23/h8-11,13-14,19-20,25-26H,3-7,12,15-18H2,1-2H3. The quantitative estimate of drug-likeness (QED) is 0.501. The van der Waals surface area contributed by atoms with Crippen LogP contribution in [-0.4, -0.2) is 39.3 Å². The van der Waals surface area contributed by atoms with Crippen LogP contribution in [0.5, 0.6) is 5.75 Å². The third-order valence-electron chi connectivity index (χ3n) is 6.20. The lowest BCUT2D eigenvalue weighted by atomic mass is 10.0. The molecule has 2 aliphatic heterocycles. The summed E-state index contributed by atoms with van der Waals surface area (Å²) in [5.74, 6) is 1.85. The highest BCUT2D eigenvalue weighted by Gasteiger charge is 2.27. The van der Waals surface area contributed by atoms with Crippen molar-refractivity contribution in [1.29, 1.82) is 0 Å². The molecule has 2 saturated heterocycles. The summed E-state index contributed by atoms with van der Waals surface area (Å²) < 4.78 is 29.6. The molecule has 2 aliphatic rings. The van der Waals surface area contributed by atoms with E-state index >= 15 is 0 Å². The summed E-state index contributed by atoms with van der Waals surface area (Å²) in [5, 5.41) is 2.33. The summed E-state index contributed by atoms with van der Waals surface area (Å²) >= 11 is 0. The van der Waals surface area contributed by atoms with Crippen LogP contribution in [0.2, 0.25) is 0 Å². The Kier molecular flexibility index (Phi) is 8.20. The molecule has 5 nitrogen and oxygen atoms in total. The third-order valence-corrected chi connectivity index (χ3v) is 6.20. The van der Waals surface area contributed by atoms with Gasteiger partial charge in [-0.05, 0) is 55.2 Å². The molecule has 0 bridgehead atoms. The van der Waals surface area contributed by atoms with E-state index in [1.54, 1.807) is 0 Å². The van der Waals surface area contributed by atoms with E-state index in [1.165, 1.54) is 24.6 Å². The van der Waals surface area contributed by atoms with Gasteiger partial charge in [0.1, 0.15) is 5.75 Å². The van der Waals surface area contributed by atoms with Gasteiger partial charge in [-0.25, -0.2) is 0 Å². The van der Waals surface area contributed by atoms with Gasteiger partial charge in [0.05, 0.1) is 33.0 Å². The highest BCUT2D eigenvalue weighted by molar-refractivity contribution is 5.84. The van der Waals surface area contributed by atoms with Gasteiger partial charge in [-0.3, -0.25) is 0 Å². The van der Waals surface area contributed by atoms with Crippen molar-refractivity contribution in [3.63, 3.8) is 0 Å². The molecule has 0 atom stereocenters. The van der Waals surface area contributed by atoms with Crippen molar-refractivity contribution in [2.24, 2.45) is 11.8 Å². The topological polar surface area (TPSA) is 46.2 Å². The number of hydrogen-bond donors (Lipinski definition) is 0. The summed E-state index contributed by atoms with van der Waals surface area (Å²) in [6, 6.07) is 12.5. The molecule has 0 aromatic heterocycles. The molecule has 2 aromatic carbocycles. The first-order valence-electron chi connectivity index (χ1n) is 11.9. The van der Waals surface area contributed by atoms with Gasteiger partial charge in [0.15, 0.2) is 12.6 Å². The lowest BCUT2D eigenvalue weighted by molar-refractivity contribution is -0.220. The zero-order valence-corrected chi connectivity index (χ0v) is 18.9. The Morgan fingerprint density at radius 1 is 0.774 bits per heavy atom. The van der Waals surface area contributed by atoms with Crippen LogP contribution in [0.3, 0.4) is 0 Å². The summed E-state index contributed by atoms with van der Waals surface area (Å²) in [6.07, 6.45) is 5.22. The van der Waals surface area contributed by atoms with Crippen LogP contribution in [0.4, 0.5) is 0 Å². The van der Waals surface area contributed by atoms with Gasteiger partial charge in [0.25, 0.3) is 0 Å². The Balaban J connectivity index is 1.21. The molecule has 170 valence electrons. The largest absolute Gasteiger partial charge is 0.494 e. The molecule has 0 spiro atoms. The van der Waals surface area contributed by atoms with E-state index in [4.69, 9.17) is 23.7 Å². The van der Waals surface area contributed by atoms with Crippen LogP contribution in [0.25, 0.3) is 10.8 Å². The SMILES string of the molecule is CCCCC1COC(CCC2COC(c3ccc4cc(OCC)ccc4c3)OC2)OC1. The van der Waals surface area contributed by atoms with Crippen LogP contribution in [0.15, 0.2) is 36.4 Å². The minimum atomic E-state index is -0.297. The second-order valence-electron chi connectivity index (χ2n) is 8.75. The summed E-state index contributed by atoms with van der Waals surface area (Å²) in [7, 11) is 0. The molecular weight excluding hydrogens is 392 g/mol. The molecule has 0 saturated carbocycles. The first-order chi connectivity index (χ1) is 15.2. The van der Waals surface area contributed by atoms with Crippen molar-refractivity contribution in [1.82, 2.24) is 0 Å². The molecule has 0 aliphatic carbocycles. The minimum Gasteiger partial charge on any atom is -0.494 e. The molecule has 31 heavy (non-hydrogen) atoms. The number of fused-ring (bicyclic) bond motifs is 1. The van der Waals surface area contributed by atoms with Crippen LogP contribution < -0.4 is 4.74 Å². The Hall–Kier alpha value is -1.66. The zero-order chi connectivity index (χ0) is 21.5. The second-order valence-corrected chi connectivity index (χ2v) is 8.75. The van der Waals surface area contributed by atoms with Gasteiger partial charge in [-0.2, -0.15) is 0 Å². The first kappa shape index (κ1) is 22.5. The monoisotopic (exact) mass is 428 g/mol. The fourth-order valence-electron chi connectivity index (χ4n) is 4.33. The summed E-state index contributed by atoms with van der Waals surface area (Å²) in [6.45, 7) is 7.97. The number of ether oxygens (including phenoxy) is 5. The Morgan fingerprint density at radius 2 is 1.45 bits per heavy atom. The van der Waals surface area contributed by atoms with Crippen LogP contribution >= 0.6 is 0 Å². The molecule has 4 rings (SSSR count). The molecule has 2 aromatic rings. The van der Waals surface area contributed by atoms with E-state index in [2.05, 4.69) is 37.3 Å². The highest BCUT2D eigenvalue weighted by atomic mass is 16.7. The van der Waals surface area contributed by atoms with Gasteiger partial charge < -0.3 is 23.7 Å². The average molecular weight is 429 g/mol. The van der Waals surface area contributed by atoms with Gasteiger partial charge in [0.2, 0.25) is 0 Å². The van der Waals surface area contributed by atoms with Crippen LogP contribution in [0, 0.1) is 11.8 Å². The molecule has 0 N–H and O–H groups in total. The first-order valence-corrected chi connectivity index (χ1v) is 11.9. The second kappa shape index (κ2) is 11.3. The Morgan fingerprint density at radius 3 is 2.19 bits per heavy atom. The third kappa shape index (κ3) is 6.19. The lowest BCUT2D eigenvalue weighted by Gasteiger charge is -2.32. The van der Waals surface area contributed by atoms with Crippen molar-refractivity contribution in [3.8, 4) is 5.75 Å². The van der Waals surface area contributed by atoms with Crippen molar-refractivity contribution in [3.05, 3.63) is 42.0 Å². The van der Waals surface area contributed by atoms with E-state index in [-0.39, 0.29) is 12.6 Å². The fourth-order valence-corrected chi connectivity index (χ4v) is 4.33. The smallest absolute Gasteiger partial charge is 0.183 e. The van der Waals surface area contributed by atoms with E-state index in [9.17, 15) is 0 Å². The summed E-state index contributed by atoms with van der Waals surface area (Å²) in [4.78, 5) is 0. The maximum atomic E-state index is 6.06. The maximum Gasteiger partial charge on any atom is 0.183 e. The van der Waals surface area contributed by atoms with E-state index in [1.807, 2.05) is 13.0 Å². The van der Waals surface area contributed by atoms with Gasteiger partial charge >= 0.3 is 0 Å². The van der Waals surface area contributed by atoms with E-state index < -0.39 is 0 Å². The molecule has 0 unspecified atom stereocenters. The fraction of sp³-hybridized carbons (Fsp3) is 0.615. The molecule has 5 heteroatoms. The predicted molar refractivity (Wildman–Crippen MR) is 121 cm³/mol. The normalized spacial score (nSPS) is 26.8. The van der Waals surface area contributed by atoms with E-state index in [0.717, 1.165) is 42.8 Å². The van der Waals surface area contributed by atoms with E-state index in [0.29, 0.717) is 31.7 Å². The number of hydrogen-bond acceptors (Lipinski definition) is 5. The molecule has 0 radical (unpaired) electrons. The number of benzene rings is 2. The highest BCUT2D eigenvalue weighted by Crippen LogP contribution is 2.31. The number of rotatable bonds is 9. The lowest BCUT2D eigenvalue weighted by Crippen LogP contribution is -2.33. The zero-order valence-electron chi connectivity index (χ0n) is 18.9. The number of unbranched alkanes of at least 4 members (excludes halogenated alkanes) is 1. The van der Waals surface area contributed by atoms with Gasteiger partial charge in [-0.1, -0.05) is 38.0 Å². The van der Waals surface area contributed by atoms with Crippen LogP contribution in [-0.2, 0) is 18.9 Å². The van der Waals surface area contributed by atoms with Crippen molar-refractivity contribution >= 4 is 10.8 Å². The average Bonchev–Trinajstić information content (AvgIpc) is 2.82. The molecule has 2 fully saturated rings. The molecule has 0 amide bonds. The summed E-state index contributed by atoms with van der Waals surface area (Å²) in [5.41, 5.74) is 1.06. The Labute approximate surface area is 186 Å². The van der Waals surface area contributed by atoms with Crippen molar-refractivity contribution in [2.45, 2.75) is 58.5 Å². The van der Waals surface area contributed by atoms with Crippen molar-refractivity contribution < 1.29 is 23.7 Å². The minimum absolute atomic E-state index is 0.0716. The maximum absolute atomic E-state index is 6.06.